The summed E-state index contributed by atoms with van der Waals surface area (Å²) in [6, 6.07) is 7.06. The number of aromatic nitrogens is 4. The van der Waals surface area contributed by atoms with Crippen LogP contribution >= 0.6 is 0 Å². The number of benzene rings is 1. The van der Waals surface area contributed by atoms with Crippen molar-refractivity contribution in [3.8, 4) is 5.69 Å². The second-order valence-corrected chi connectivity index (χ2v) is 7.00. The van der Waals surface area contributed by atoms with Crippen molar-refractivity contribution in [2.24, 2.45) is 5.73 Å². The molecule has 0 unspecified atom stereocenters. The van der Waals surface area contributed by atoms with Gasteiger partial charge in [0.2, 0.25) is 0 Å². The highest BCUT2D eigenvalue weighted by Crippen LogP contribution is 2.25. The molecule has 3 aromatic rings. The lowest BCUT2D eigenvalue weighted by molar-refractivity contribution is 0.100. The zero-order chi connectivity index (χ0) is 23.3. The number of primary amides is 1. The van der Waals surface area contributed by atoms with Crippen LogP contribution in [0.15, 0.2) is 42.7 Å². The van der Waals surface area contributed by atoms with Gasteiger partial charge in [0, 0.05) is 17.8 Å². The Bertz CT molecular complexity index is 1110. The fourth-order valence-electron chi connectivity index (χ4n) is 3.13. The lowest BCUT2D eigenvalue weighted by Gasteiger charge is -2.25. The largest absolute Gasteiger partial charge is 0.465 e. The van der Waals surface area contributed by atoms with Crippen LogP contribution in [0.25, 0.3) is 5.69 Å². The minimum atomic E-state index is -1.19. The van der Waals surface area contributed by atoms with E-state index in [1.807, 2.05) is 13.0 Å². The smallest absolute Gasteiger partial charge is 0.404 e. The van der Waals surface area contributed by atoms with E-state index in [1.165, 1.54) is 6.20 Å². The van der Waals surface area contributed by atoms with Crippen molar-refractivity contribution in [2.75, 3.05) is 10.6 Å². The number of amides is 2. The van der Waals surface area contributed by atoms with Crippen molar-refractivity contribution in [2.45, 2.75) is 32.4 Å². The highest BCUT2D eigenvalue weighted by molar-refractivity contribution is 5.98. The molecule has 2 amide bonds. The zero-order valence-electron chi connectivity index (χ0n) is 17.4. The predicted octanol–water partition coefficient (Wildman–Crippen LogP) is 2.49. The van der Waals surface area contributed by atoms with E-state index >= 15 is 0 Å². The number of pyridine rings is 1. The number of halogens is 1. The van der Waals surface area contributed by atoms with E-state index in [0.717, 1.165) is 6.07 Å². The fraction of sp³-hybridized carbons (Fsp3) is 0.250. The summed E-state index contributed by atoms with van der Waals surface area (Å²) in [7, 11) is 0. The predicted molar refractivity (Wildman–Crippen MR) is 116 cm³/mol. The third kappa shape index (κ3) is 5.28. The molecule has 0 fully saturated rings. The monoisotopic (exact) mass is 442 g/mol. The summed E-state index contributed by atoms with van der Waals surface area (Å²) in [5, 5.41) is 24.9. The Morgan fingerprint density at radius 3 is 2.69 bits per heavy atom. The van der Waals surface area contributed by atoms with Crippen molar-refractivity contribution < 1.29 is 19.1 Å². The van der Waals surface area contributed by atoms with Gasteiger partial charge < -0.3 is 26.8 Å². The van der Waals surface area contributed by atoms with E-state index in [0.29, 0.717) is 17.8 Å². The summed E-state index contributed by atoms with van der Waals surface area (Å²) in [4.78, 5) is 27.1. The number of carboxylic acid groups (broad SMARTS) is 1. The molecule has 0 aliphatic carbocycles. The zero-order valence-corrected chi connectivity index (χ0v) is 17.4. The van der Waals surface area contributed by atoms with Crippen LogP contribution in [-0.4, -0.2) is 49.2 Å². The molecule has 0 saturated heterocycles. The van der Waals surface area contributed by atoms with Gasteiger partial charge in [-0.15, -0.1) is 5.10 Å². The summed E-state index contributed by atoms with van der Waals surface area (Å²) in [6.07, 6.45) is 2.51. The number of nitrogens with two attached hydrogens (primary N) is 1. The molecule has 6 N–H and O–H groups in total. The van der Waals surface area contributed by atoms with Crippen LogP contribution in [0.2, 0.25) is 0 Å². The first-order valence-corrected chi connectivity index (χ1v) is 9.78. The molecular weight excluding hydrogens is 419 g/mol. The average Bonchev–Trinajstić information content (AvgIpc) is 3.28. The van der Waals surface area contributed by atoms with E-state index < -0.39 is 29.9 Å². The Balaban J connectivity index is 1.92. The molecular formula is C20H23FN8O3. The summed E-state index contributed by atoms with van der Waals surface area (Å²) in [5.74, 6) is -1.74. The molecule has 0 aliphatic rings. The topological polar surface area (TPSA) is 160 Å². The number of hydrogen-bond donors (Lipinski definition) is 5. The van der Waals surface area contributed by atoms with Gasteiger partial charge in [-0.05, 0) is 37.6 Å². The Kier molecular flexibility index (Phi) is 6.83. The van der Waals surface area contributed by atoms with E-state index in [2.05, 4.69) is 31.2 Å². The summed E-state index contributed by atoms with van der Waals surface area (Å²) >= 11 is 0. The molecule has 3 rings (SSSR count). The molecule has 0 bridgehead atoms. The van der Waals surface area contributed by atoms with E-state index in [9.17, 15) is 14.0 Å². The minimum Gasteiger partial charge on any atom is -0.465 e. The number of nitrogens with zero attached hydrogens (tertiary/aromatic N) is 4. The highest BCUT2D eigenvalue weighted by atomic mass is 19.1. The SMILES string of the molecule is CC[C@@H](Nc1nc(Nc2cccc(-n3ccnn3)c2)c(C(N)=O)cc1F)[C@H](C)NC(=O)O. The molecule has 1 aromatic carbocycles. The van der Waals surface area contributed by atoms with Gasteiger partial charge in [0.25, 0.3) is 5.91 Å². The van der Waals surface area contributed by atoms with Crippen molar-refractivity contribution in [3.63, 3.8) is 0 Å². The number of carbonyl (C=O) groups excluding carboxylic acids is 1. The third-order valence-corrected chi connectivity index (χ3v) is 4.75. The third-order valence-electron chi connectivity index (χ3n) is 4.75. The number of carbonyl (C=O) groups is 2. The molecule has 2 aromatic heterocycles. The normalized spacial score (nSPS) is 12.6. The molecule has 12 heteroatoms. The van der Waals surface area contributed by atoms with Gasteiger partial charge in [0.15, 0.2) is 11.6 Å². The first-order valence-electron chi connectivity index (χ1n) is 9.78. The second-order valence-electron chi connectivity index (χ2n) is 7.00. The molecule has 11 nitrogen and oxygen atoms in total. The van der Waals surface area contributed by atoms with Crippen LogP contribution in [-0.2, 0) is 0 Å². The van der Waals surface area contributed by atoms with Gasteiger partial charge in [-0.25, -0.2) is 18.9 Å². The first kappa shape index (κ1) is 22.5. The van der Waals surface area contributed by atoms with Crippen LogP contribution in [0.4, 0.5) is 26.5 Å². The van der Waals surface area contributed by atoms with Crippen LogP contribution < -0.4 is 21.7 Å². The van der Waals surface area contributed by atoms with Crippen LogP contribution in [0.1, 0.15) is 30.6 Å². The Morgan fingerprint density at radius 2 is 2.06 bits per heavy atom. The molecule has 168 valence electrons. The Morgan fingerprint density at radius 1 is 1.28 bits per heavy atom. The highest BCUT2D eigenvalue weighted by Gasteiger charge is 2.22. The Labute approximate surface area is 182 Å². The molecule has 0 aliphatic heterocycles. The summed E-state index contributed by atoms with van der Waals surface area (Å²) < 4.78 is 16.2. The maximum Gasteiger partial charge on any atom is 0.404 e. The van der Waals surface area contributed by atoms with Crippen molar-refractivity contribution >= 4 is 29.3 Å². The van der Waals surface area contributed by atoms with Gasteiger partial charge in [0.1, 0.15) is 5.82 Å². The number of hydrogen-bond acceptors (Lipinski definition) is 7. The molecule has 2 heterocycles. The number of nitrogens with one attached hydrogen (secondary N) is 3. The van der Waals surface area contributed by atoms with Crippen molar-refractivity contribution in [1.82, 2.24) is 25.3 Å². The Hall–Kier alpha value is -4.22. The lowest BCUT2D eigenvalue weighted by Crippen LogP contribution is -2.44. The van der Waals surface area contributed by atoms with Crippen LogP contribution in [0, 0.1) is 5.82 Å². The standard InChI is InChI=1S/C20H23FN8O3/c1-3-16(11(2)24-20(31)32)26-19-15(21)10-14(17(22)30)18(27-19)25-12-5-4-6-13(9-12)29-8-7-23-28-29/h4-11,16,24H,3H2,1-2H3,(H2,22,30)(H,31,32)(H2,25,26,27)/t11-,16+/m0/s1. The summed E-state index contributed by atoms with van der Waals surface area (Å²) in [6.45, 7) is 3.47. The summed E-state index contributed by atoms with van der Waals surface area (Å²) in [5.41, 5.74) is 6.54. The van der Waals surface area contributed by atoms with Crippen molar-refractivity contribution in [3.05, 3.63) is 54.1 Å². The molecule has 2 atom stereocenters. The lowest BCUT2D eigenvalue weighted by atomic mass is 10.1. The number of anilines is 3. The fourth-order valence-corrected chi connectivity index (χ4v) is 3.13. The minimum absolute atomic E-state index is 0.0471. The van der Waals surface area contributed by atoms with Gasteiger partial charge >= 0.3 is 6.09 Å². The second kappa shape index (κ2) is 9.73. The van der Waals surface area contributed by atoms with Crippen LogP contribution in [0.3, 0.4) is 0 Å². The van der Waals surface area contributed by atoms with Gasteiger partial charge in [-0.3, -0.25) is 4.79 Å². The molecule has 32 heavy (non-hydrogen) atoms. The quantitative estimate of drug-likeness (QED) is 0.338. The van der Waals surface area contributed by atoms with Crippen LogP contribution in [0.5, 0.6) is 0 Å². The maximum atomic E-state index is 14.7. The van der Waals surface area contributed by atoms with Gasteiger partial charge in [-0.2, -0.15) is 0 Å². The van der Waals surface area contributed by atoms with Gasteiger partial charge in [-0.1, -0.05) is 18.2 Å². The van der Waals surface area contributed by atoms with E-state index in [-0.39, 0.29) is 17.2 Å². The molecule has 0 spiro atoms. The number of rotatable bonds is 9. The van der Waals surface area contributed by atoms with Crippen molar-refractivity contribution in [1.29, 1.82) is 0 Å². The van der Waals surface area contributed by atoms with E-state index in [1.54, 1.807) is 36.0 Å². The first-order chi connectivity index (χ1) is 15.3. The molecule has 0 saturated carbocycles. The molecule has 0 radical (unpaired) electrons. The van der Waals surface area contributed by atoms with Gasteiger partial charge in [0.05, 0.1) is 23.6 Å². The maximum absolute atomic E-state index is 14.7. The average molecular weight is 442 g/mol. The van der Waals surface area contributed by atoms with E-state index in [4.69, 9.17) is 10.8 Å².